The van der Waals surface area contributed by atoms with Gasteiger partial charge in [-0.15, -0.1) is 0 Å². The molecule has 0 atom stereocenters. The van der Waals surface area contributed by atoms with Crippen molar-refractivity contribution in [3.05, 3.63) is 64.4 Å². The van der Waals surface area contributed by atoms with E-state index in [1.165, 1.54) is 29.2 Å². The molecule has 0 bridgehead atoms. The predicted octanol–water partition coefficient (Wildman–Crippen LogP) is 3.46. The highest BCUT2D eigenvalue weighted by atomic mass is 35.5. The summed E-state index contributed by atoms with van der Waals surface area (Å²) in [7, 11) is 1.58. The van der Waals surface area contributed by atoms with Crippen LogP contribution in [0.2, 0.25) is 5.02 Å². The SMILES string of the molecule is CN(Cc1ccccc1F)C(=O)c1ccc(O)c(Cl)c1. The minimum Gasteiger partial charge on any atom is -0.506 e. The topological polar surface area (TPSA) is 40.5 Å². The maximum Gasteiger partial charge on any atom is 0.253 e. The summed E-state index contributed by atoms with van der Waals surface area (Å²) in [6.07, 6.45) is 0. The first-order chi connectivity index (χ1) is 9.49. The minimum atomic E-state index is -0.351. The van der Waals surface area contributed by atoms with E-state index >= 15 is 0 Å². The maximum atomic E-state index is 13.5. The Morgan fingerprint density at radius 2 is 2.00 bits per heavy atom. The number of hydrogen-bond donors (Lipinski definition) is 1. The molecule has 0 aliphatic carbocycles. The molecular weight excluding hydrogens is 281 g/mol. The van der Waals surface area contributed by atoms with Gasteiger partial charge in [-0.25, -0.2) is 4.39 Å². The molecule has 2 aromatic carbocycles. The Bertz CT molecular complexity index is 646. The first-order valence-electron chi connectivity index (χ1n) is 5.96. The zero-order chi connectivity index (χ0) is 14.7. The van der Waals surface area contributed by atoms with Crippen molar-refractivity contribution in [2.75, 3.05) is 7.05 Å². The zero-order valence-electron chi connectivity index (χ0n) is 10.8. The molecule has 0 saturated carbocycles. The average Bonchev–Trinajstić information content (AvgIpc) is 2.43. The molecule has 104 valence electrons. The van der Waals surface area contributed by atoms with Gasteiger partial charge in [-0.05, 0) is 24.3 Å². The van der Waals surface area contributed by atoms with E-state index in [4.69, 9.17) is 11.6 Å². The number of carbonyl (C=O) groups is 1. The molecule has 1 amide bonds. The molecule has 0 aromatic heterocycles. The summed E-state index contributed by atoms with van der Waals surface area (Å²) in [4.78, 5) is 13.6. The van der Waals surface area contributed by atoms with Gasteiger partial charge in [0.25, 0.3) is 5.91 Å². The summed E-state index contributed by atoms with van der Waals surface area (Å²) in [6.45, 7) is 0.157. The molecule has 0 aliphatic heterocycles. The number of rotatable bonds is 3. The number of halogens is 2. The molecule has 3 nitrogen and oxygen atoms in total. The molecule has 0 aliphatic rings. The highest BCUT2D eigenvalue weighted by molar-refractivity contribution is 6.32. The number of phenolic OH excluding ortho intramolecular Hbond substituents is 1. The molecule has 20 heavy (non-hydrogen) atoms. The van der Waals surface area contributed by atoms with Crippen molar-refractivity contribution in [3.8, 4) is 5.75 Å². The number of carbonyl (C=O) groups excluding carboxylic acids is 1. The summed E-state index contributed by atoms with van der Waals surface area (Å²) in [5.41, 5.74) is 0.778. The van der Waals surface area contributed by atoms with Crippen LogP contribution in [0.5, 0.6) is 5.75 Å². The van der Waals surface area contributed by atoms with Gasteiger partial charge in [0.2, 0.25) is 0 Å². The Kier molecular flexibility index (Phi) is 4.25. The number of hydrogen-bond acceptors (Lipinski definition) is 2. The summed E-state index contributed by atoms with van der Waals surface area (Å²) in [6, 6.07) is 10.5. The number of phenols is 1. The molecule has 1 N–H and O–H groups in total. The monoisotopic (exact) mass is 293 g/mol. The molecule has 0 saturated heterocycles. The van der Waals surface area contributed by atoms with Gasteiger partial charge in [-0.2, -0.15) is 0 Å². The van der Waals surface area contributed by atoms with E-state index in [9.17, 15) is 14.3 Å². The molecule has 2 rings (SSSR count). The van der Waals surface area contributed by atoms with Crippen LogP contribution in [0.4, 0.5) is 4.39 Å². The van der Waals surface area contributed by atoms with E-state index in [0.29, 0.717) is 11.1 Å². The van der Waals surface area contributed by atoms with Gasteiger partial charge >= 0.3 is 0 Å². The average molecular weight is 294 g/mol. The number of benzene rings is 2. The second-order valence-electron chi connectivity index (χ2n) is 4.42. The van der Waals surface area contributed by atoms with Crippen molar-refractivity contribution in [3.63, 3.8) is 0 Å². The Labute approximate surface area is 121 Å². The predicted molar refractivity (Wildman–Crippen MR) is 75.3 cm³/mol. The van der Waals surface area contributed by atoms with Crippen LogP contribution in [0, 0.1) is 5.82 Å². The second-order valence-corrected chi connectivity index (χ2v) is 4.83. The van der Waals surface area contributed by atoms with Crippen LogP contribution in [0.1, 0.15) is 15.9 Å². The highest BCUT2D eigenvalue weighted by Gasteiger charge is 2.14. The quantitative estimate of drug-likeness (QED) is 0.941. The van der Waals surface area contributed by atoms with Crippen molar-refractivity contribution in [2.24, 2.45) is 0 Å². The van der Waals surface area contributed by atoms with Crippen LogP contribution in [-0.2, 0) is 6.54 Å². The third-order valence-electron chi connectivity index (χ3n) is 2.91. The second kappa shape index (κ2) is 5.92. The Balaban J connectivity index is 2.16. The largest absolute Gasteiger partial charge is 0.506 e. The summed E-state index contributed by atoms with van der Waals surface area (Å²) in [5, 5.41) is 9.44. The van der Waals surface area contributed by atoms with Crippen molar-refractivity contribution >= 4 is 17.5 Å². The van der Waals surface area contributed by atoms with Gasteiger partial charge in [-0.1, -0.05) is 29.8 Å². The van der Waals surface area contributed by atoms with Gasteiger partial charge in [0, 0.05) is 24.7 Å². The fourth-order valence-electron chi connectivity index (χ4n) is 1.81. The smallest absolute Gasteiger partial charge is 0.253 e. The fourth-order valence-corrected chi connectivity index (χ4v) is 1.99. The lowest BCUT2D eigenvalue weighted by atomic mass is 10.1. The van der Waals surface area contributed by atoms with Crippen molar-refractivity contribution in [1.29, 1.82) is 0 Å². The summed E-state index contributed by atoms with van der Waals surface area (Å²) >= 11 is 5.77. The first kappa shape index (κ1) is 14.3. The third-order valence-corrected chi connectivity index (χ3v) is 3.21. The standard InChI is InChI=1S/C15H13ClFNO2/c1-18(9-11-4-2-3-5-13(11)17)15(20)10-6-7-14(19)12(16)8-10/h2-8,19H,9H2,1H3. The van der Waals surface area contributed by atoms with Crippen molar-refractivity contribution in [1.82, 2.24) is 4.90 Å². The van der Waals surface area contributed by atoms with Crippen LogP contribution >= 0.6 is 11.6 Å². The summed E-state index contributed by atoms with van der Waals surface area (Å²) in [5.74, 6) is -0.731. The van der Waals surface area contributed by atoms with E-state index < -0.39 is 0 Å². The third kappa shape index (κ3) is 3.08. The van der Waals surface area contributed by atoms with Gasteiger partial charge in [0.1, 0.15) is 11.6 Å². The van der Waals surface area contributed by atoms with Crippen molar-refractivity contribution < 1.29 is 14.3 Å². The molecule has 5 heteroatoms. The molecule has 2 aromatic rings. The van der Waals surface area contributed by atoms with E-state index in [0.717, 1.165) is 0 Å². The normalized spacial score (nSPS) is 10.3. The van der Waals surface area contributed by atoms with Crippen LogP contribution < -0.4 is 0 Å². The van der Waals surface area contributed by atoms with Crippen LogP contribution in [-0.4, -0.2) is 23.0 Å². The lowest BCUT2D eigenvalue weighted by Gasteiger charge is -2.18. The molecule has 0 radical (unpaired) electrons. The van der Waals surface area contributed by atoms with Gasteiger partial charge in [0.15, 0.2) is 0 Å². The lowest BCUT2D eigenvalue weighted by molar-refractivity contribution is 0.0784. The molecular formula is C15H13ClFNO2. The van der Waals surface area contributed by atoms with Crippen LogP contribution in [0.25, 0.3) is 0 Å². The van der Waals surface area contributed by atoms with Crippen molar-refractivity contribution in [2.45, 2.75) is 6.54 Å². The number of nitrogens with zero attached hydrogens (tertiary/aromatic N) is 1. The van der Waals surface area contributed by atoms with E-state index in [-0.39, 0.29) is 29.0 Å². The van der Waals surface area contributed by atoms with Gasteiger partial charge < -0.3 is 10.0 Å². The number of amides is 1. The van der Waals surface area contributed by atoms with E-state index in [2.05, 4.69) is 0 Å². The summed E-state index contributed by atoms with van der Waals surface area (Å²) < 4.78 is 13.5. The van der Waals surface area contributed by atoms with E-state index in [1.807, 2.05) is 0 Å². The Hall–Kier alpha value is -2.07. The fraction of sp³-hybridized carbons (Fsp3) is 0.133. The molecule has 0 fully saturated rings. The minimum absolute atomic E-state index is 0.0834. The molecule has 0 spiro atoms. The van der Waals surface area contributed by atoms with Gasteiger partial charge in [-0.3, -0.25) is 4.79 Å². The number of aromatic hydroxyl groups is 1. The Morgan fingerprint density at radius 1 is 1.30 bits per heavy atom. The van der Waals surface area contributed by atoms with E-state index in [1.54, 1.807) is 25.2 Å². The first-order valence-corrected chi connectivity index (χ1v) is 6.34. The zero-order valence-corrected chi connectivity index (χ0v) is 11.6. The highest BCUT2D eigenvalue weighted by Crippen LogP contribution is 2.24. The Morgan fingerprint density at radius 3 is 2.65 bits per heavy atom. The molecule has 0 unspecified atom stereocenters. The van der Waals surface area contributed by atoms with Crippen LogP contribution in [0.15, 0.2) is 42.5 Å². The van der Waals surface area contributed by atoms with Gasteiger partial charge in [0.05, 0.1) is 5.02 Å². The maximum absolute atomic E-state index is 13.5. The van der Waals surface area contributed by atoms with Crippen LogP contribution in [0.3, 0.4) is 0 Å². The molecule has 0 heterocycles. The lowest BCUT2D eigenvalue weighted by Crippen LogP contribution is -2.26.